The minimum atomic E-state index is 0.456. The number of rotatable bonds is 2. The quantitative estimate of drug-likeness (QED) is 0.882. The van der Waals surface area contributed by atoms with Gasteiger partial charge in [0.1, 0.15) is 10.0 Å². The highest BCUT2D eigenvalue weighted by molar-refractivity contribution is 7.14. The third kappa shape index (κ3) is 1.93. The van der Waals surface area contributed by atoms with E-state index < -0.39 is 0 Å². The van der Waals surface area contributed by atoms with Crippen LogP contribution in [0.5, 0.6) is 0 Å². The molecule has 0 spiro atoms. The van der Waals surface area contributed by atoms with Gasteiger partial charge in [0.05, 0.1) is 0 Å². The van der Waals surface area contributed by atoms with E-state index in [-0.39, 0.29) is 0 Å². The molecule has 3 rings (SSSR count). The van der Waals surface area contributed by atoms with Gasteiger partial charge in [-0.1, -0.05) is 25.2 Å². The first-order valence-corrected chi connectivity index (χ1v) is 6.76. The molecule has 1 aromatic carbocycles. The van der Waals surface area contributed by atoms with Gasteiger partial charge in [0, 0.05) is 23.7 Å². The highest BCUT2D eigenvalue weighted by Gasteiger charge is 2.13. The second kappa shape index (κ2) is 4.11. The second-order valence-corrected chi connectivity index (χ2v) is 5.66. The van der Waals surface area contributed by atoms with Crippen molar-refractivity contribution in [1.29, 1.82) is 0 Å². The highest BCUT2D eigenvalue weighted by atomic mass is 32.1. The summed E-state index contributed by atoms with van der Waals surface area (Å²) in [6.45, 7) is 5.35. The molecular formula is C13H15N3S. The number of benzene rings is 1. The van der Waals surface area contributed by atoms with Crippen molar-refractivity contribution in [2.24, 2.45) is 0 Å². The van der Waals surface area contributed by atoms with Crippen LogP contribution in [0.25, 0.3) is 10.6 Å². The summed E-state index contributed by atoms with van der Waals surface area (Å²) >= 11 is 1.70. The number of hydrogen-bond donors (Lipinski definition) is 1. The molecule has 1 aliphatic rings. The Morgan fingerprint density at radius 1 is 1.29 bits per heavy atom. The van der Waals surface area contributed by atoms with Crippen LogP contribution in [0.15, 0.2) is 18.2 Å². The van der Waals surface area contributed by atoms with Crippen molar-refractivity contribution in [1.82, 2.24) is 10.2 Å². The SMILES string of the molecule is CC(C)c1nnc(-c2ccc3c(c2)CCN3)s1. The van der Waals surface area contributed by atoms with Crippen molar-refractivity contribution in [2.75, 3.05) is 11.9 Å². The Bertz CT molecular complexity index is 545. The second-order valence-electron chi connectivity index (χ2n) is 4.65. The number of fused-ring (bicyclic) bond motifs is 1. The molecule has 0 unspecified atom stereocenters. The van der Waals surface area contributed by atoms with Crippen LogP contribution in [0, 0.1) is 0 Å². The average molecular weight is 245 g/mol. The first kappa shape index (κ1) is 10.7. The zero-order valence-electron chi connectivity index (χ0n) is 10.0. The predicted octanol–water partition coefficient (Wildman–Crippen LogP) is 3.30. The molecule has 0 atom stereocenters. The third-order valence-corrected chi connectivity index (χ3v) is 4.27. The van der Waals surface area contributed by atoms with Gasteiger partial charge in [-0.15, -0.1) is 10.2 Å². The van der Waals surface area contributed by atoms with Crippen molar-refractivity contribution in [2.45, 2.75) is 26.2 Å². The molecule has 4 heteroatoms. The lowest BCUT2D eigenvalue weighted by Gasteiger charge is -2.01. The van der Waals surface area contributed by atoms with Crippen LogP contribution in [-0.4, -0.2) is 16.7 Å². The van der Waals surface area contributed by atoms with Gasteiger partial charge in [0.2, 0.25) is 0 Å². The monoisotopic (exact) mass is 245 g/mol. The fraction of sp³-hybridized carbons (Fsp3) is 0.385. The number of hydrogen-bond acceptors (Lipinski definition) is 4. The standard InChI is InChI=1S/C13H15N3S/c1-8(2)12-15-16-13(17-12)10-3-4-11-9(7-10)5-6-14-11/h3-4,7-8,14H,5-6H2,1-2H3. The van der Waals surface area contributed by atoms with Crippen molar-refractivity contribution < 1.29 is 0 Å². The molecular weight excluding hydrogens is 230 g/mol. The lowest BCUT2D eigenvalue weighted by molar-refractivity contribution is 0.825. The van der Waals surface area contributed by atoms with E-state index in [0.29, 0.717) is 5.92 Å². The minimum Gasteiger partial charge on any atom is -0.384 e. The summed E-state index contributed by atoms with van der Waals surface area (Å²) in [7, 11) is 0. The Kier molecular flexibility index (Phi) is 2.59. The third-order valence-electron chi connectivity index (χ3n) is 3.00. The zero-order valence-corrected chi connectivity index (χ0v) is 10.8. The molecule has 2 aromatic rings. The molecule has 0 amide bonds. The Morgan fingerprint density at radius 3 is 2.94 bits per heavy atom. The molecule has 0 radical (unpaired) electrons. The molecule has 17 heavy (non-hydrogen) atoms. The van der Waals surface area contributed by atoms with Crippen molar-refractivity contribution in [3.63, 3.8) is 0 Å². The lowest BCUT2D eigenvalue weighted by atomic mass is 10.1. The van der Waals surface area contributed by atoms with Gasteiger partial charge in [-0.25, -0.2) is 0 Å². The molecule has 0 bridgehead atoms. The summed E-state index contributed by atoms with van der Waals surface area (Å²) in [6, 6.07) is 6.51. The number of aromatic nitrogens is 2. The van der Waals surface area contributed by atoms with E-state index in [2.05, 4.69) is 47.6 Å². The van der Waals surface area contributed by atoms with Crippen LogP contribution in [0.4, 0.5) is 5.69 Å². The van der Waals surface area contributed by atoms with Crippen LogP contribution in [0.2, 0.25) is 0 Å². The van der Waals surface area contributed by atoms with E-state index in [1.807, 2.05) is 0 Å². The lowest BCUT2D eigenvalue weighted by Crippen LogP contribution is -1.90. The molecule has 2 heterocycles. The van der Waals surface area contributed by atoms with Gasteiger partial charge in [-0.05, 0) is 30.2 Å². The van der Waals surface area contributed by atoms with E-state index in [4.69, 9.17) is 0 Å². The zero-order chi connectivity index (χ0) is 11.8. The van der Waals surface area contributed by atoms with Gasteiger partial charge < -0.3 is 5.32 Å². The maximum absolute atomic E-state index is 4.28. The van der Waals surface area contributed by atoms with Gasteiger partial charge in [0.15, 0.2) is 0 Å². The molecule has 0 fully saturated rings. The summed E-state index contributed by atoms with van der Waals surface area (Å²) < 4.78 is 0. The van der Waals surface area contributed by atoms with E-state index in [1.54, 1.807) is 11.3 Å². The number of nitrogens with zero attached hydrogens (tertiary/aromatic N) is 2. The molecule has 0 saturated carbocycles. The highest BCUT2D eigenvalue weighted by Crippen LogP contribution is 2.31. The largest absolute Gasteiger partial charge is 0.384 e. The smallest absolute Gasteiger partial charge is 0.147 e. The normalized spacial score (nSPS) is 13.8. The summed E-state index contributed by atoms with van der Waals surface area (Å²) in [5.74, 6) is 0.456. The summed E-state index contributed by atoms with van der Waals surface area (Å²) in [4.78, 5) is 0. The fourth-order valence-corrected chi connectivity index (χ4v) is 2.86. The van der Waals surface area contributed by atoms with Gasteiger partial charge in [0.25, 0.3) is 0 Å². The molecule has 1 aliphatic heterocycles. The Labute approximate surface area is 105 Å². The Morgan fingerprint density at radius 2 is 2.18 bits per heavy atom. The molecule has 0 aliphatic carbocycles. The van der Waals surface area contributed by atoms with E-state index in [9.17, 15) is 0 Å². The first-order valence-electron chi connectivity index (χ1n) is 5.94. The van der Waals surface area contributed by atoms with Gasteiger partial charge in [-0.2, -0.15) is 0 Å². The molecule has 1 N–H and O–H groups in total. The number of nitrogens with one attached hydrogen (secondary N) is 1. The fourth-order valence-electron chi connectivity index (χ4n) is 2.02. The predicted molar refractivity (Wildman–Crippen MR) is 71.6 cm³/mol. The molecule has 1 aromatic heterocycles. The van der Waals surface area contributed by atoms with E-state index >= 15 is 0 Å². The Hall–Kier alpha value is -1.42. The summed E-state index contributed by atoms with van der Waals surface area (Å²) in [5, 5.41) is 14.0. The average Bonchev–Trinajstić information content (AvgIpc) is 2.97. The van der Waals surface area contributed by atoms with Crippen LogP contribution in [0.3, 0.4) is 0 Å². The topological polar surface area (TPSA) is 37.8 Å². The van der Waals surface area contributed by atoms with E-state index in [0.717, 1.165) is 23.0 Å². The maximum Gasteiger partial charge on any atom is 0.147 e. The molecule has 88 valence electrons. The van der Waals surface area contributed by atoms with Crippen molar-refractivity contribution in [3.8, 4) is 10.6 Å². The van der Waals surface area contributed by atoms with Crippen molar-refractivity contribution >= 4 is 17.0 Å². The van der Waals surface area contributed by atoms with Crippen LogP contribution in [-0.2, 0) is 6.42 Å². The van der Waals surface area contributed by atoms with Crippen LogP contribution >= 0.6 is 11.3 Å². The van der Waals surface area contributed by atoms with Gasteiger partial charge in [-0.3, -0.25) is 0 Å². The van der Waals surface area contributed by atoms with E-state index in [1.165, 1.54) is 16.8 Å². The summed E-state index contributed by atoms with van der Waals surface area (Å²) in [5.41, 5.74) is 3.85. The Balaban J connectivity index is 1.97. The molecule has 3 nitrogen and oxygen atoms in total. The number of anilines is 1. The van der Waals surface area contributed by atoms with Crippen molar-refractivity contribution in [3.05, 3.63) is 28.8 Å². The summed E-state index contributed by atoms with van der Waals surface area (Å²) in [6.07, 6.45) is 1.11. The van der Waals surface area contributed by atoms with Crippen LogP contribution < -0.4 is 5.32 Å². The molecule has 0 saturated heterocycles. The van der Waals surface area contributed by atoms with Gasteiger partial charge >= 0.3 is 0 Å². The van der Waals surface area contributed by atoms with Crippen LogP contribution in [0.1, 0.15) is 30.3 Å². The minimum absolute atomic E-state index is 0.456. The first-order chi connectivity index (χ1) is 8.24. The maximum atomic E-state index is 4.28.